The van der Waals surface area contributed by atoms with Crippen LogP contribution in [0.3, 0.4) is 0 Å². The maximum Gasteiger partial charge on any atom is 0.241 e. The van der Waals surface area contributed by atoms with Gasteiger partial charge < -0.3 is 9.32 Å². The number of benzene rings is 2. The number of hydrogen-bond donors (Lipinski definition) is 1. The summed E-state index contributed by atoms with van der Waals surface area (Å²) < 4.78 is 48.6. The summed E-state index contributed by atoms with van der Waals surface area (Å²) in [6, 6.07) is 12.0. The van der Waals surface area contributed by atoms with Crippen LogP contribution in [-0.2, 0) is 10.0 Å². The predicted octanol–water partition coefficient (Wildman–Crippen LogP) is 4.49. The summed E-state index contributed by atoms with van der Waals surface area (Å²) in [6.45, 7) is 10.8. The molecule has 182 valence electrons. The summed E-state index contributed by atoms with van der Waals surface area (Å²) in [5, 5.41) is 0. The van der Waals surface area contributed by atoms with Crippen molar-refractivity contribution >= 4 is 15.7 Å². The van der Waals surface area contributed by atoms with Crippen molar-refractivity contribution in [2.45, 2.75) is 38.6 Å². The average molecular weight is 486 g/mol. The van der Waals surface area contributed by atoms with Crippen LogP contribution in [-0.4, -0.2) is 46.0 Å². The highest BCUT2D eigenvalue weighted by molar-refractivity contribution is 7.89. The van der Waals surface area contributed by atoms with Crippen LogP contribution in [0, 0.1) is 33.5 Å². The van der Waals surface area contributed by atoms with E-state index in [1.54, 1.807) is 18.4 Å². The molecule has 0 aliphatic carbocycles. The molecule has 1 aliphatic heterocycles. The number of nitrogens with one attached hydrogen (secondary N) is 1. The molecule has 1 unspecified atom stereocenters. The first kappa shape index (κ1) is 24.4. The Morgan fingerprint density at radius 2 is 1.59 bits per heavy atom. The topological polar surface area (TPSA) is 65.8 Å². The zero-order valence-corrected chi connectivity index (χ0v) is 21.0. The number of piperazine rings is 1. The minimum atomic E-state index is -3.71. The second-order valence-electron chi connectivity index (χ2n) is 8.97. The smallest absolute Gasteiger partial charge is 0.241 e. The van der Waals surface area contributed by atoms with Crippen molar-refractivity contribution in [3.63, 3.8) is 0 Å². The molecule has 2 heterocycles. The van der Waals surface area contributed by atoms with Crippen molar-refractivity contribution in [2.75, 3.05) is 37.6 Å². The number of rotatable bonds is 7. The third-order valence-corrected chi connectivity index (χ3v) is 8.55. The number of nitrogens with zero attached hydrogens (tertiary/aromatic N) is 2. The Labute approximate surface area is 201 Å². The summed E-state index contributed by atoms with van der Waals surface area (Å²) in [4.78, 5) is 4.81. The molecule has 6 nitrogen and oxygen atoms in total. The number of furan rings is 1. The lowest BCUT2D eigenvalue weighted by atomic mass is 10.0. The predicted molar refractivity (Wildman–Crippen MR) is 132 cm³/mol. The van der Waals surface area contributed by atoms with Crippen LogP contribution in [0.5, 0.6) is 0 Å². The van der Waals surface area contributed by atoms with Crippen LogP contribution in [0.1, 0.15) is 34.1 Å². The summed E-state index contributed by atoms with van der Waals surface area (Å²) >= 11 is 0. The summed E-state index contributed by atoms with van der Waals surface area (Å²) in [5.41, 5.74) is 4.46. The van der Waals surface area contributed by atoms with Crippen LogP contribution in [0.2, 0.25) is 0 Å². The largest absolute Gasteiger partial charge is 0.468 e. The molecule has 3 aromatic rings. The first-order chi connectivity index (χ1) is 16.2. The molecular formula is C26H32FN3O3S. The Kier molecular flexibility index (Phi) is 7.12. The van der Waals surface area contributed by atoms with Gasteiger partial charge in [-0.15, -0.1) is 0 Å². The highest BCUT2D eigenvalue weighted by atomic mass is 32.2. The molecule has 34 heavy (non-hydrogen) atoms. The van der Waals surface area contributed by atoms with Crippen molar-refractivity contribution in [1.29, 1.82) is 0 Å². The highest BCUT2D eigenvalue weighted by Gasteiger charge is 2.30. The standard InChI is InChI=1S/C26H32FN3O3S/c1-18-16-19(2)21(4)26(20(18)3)34(31,32)28-17-24(25-6-5-15-33-25)30-13-11-29(12-14-30)23-9-7-22(27)8-10-23/h5-10,15-16,24,28H,11-14,17H2,1-4H3. The maximum atomic E-state index is 13.4. The third-order valence-electron chi connectivity index (χ3n) is 6.85. The van der Waals surface area contributed by atoms with Gasteiger partial charge in [-0.3, -0.25) is 4.90 Å². The van der Waals surface area contributed by atoms with E-state index in [9.17, 15) is 12.8 Å². The molecule has 0 spiro atoms. The fourth-order valence-electron chi connectivity index (χ4n) is 4.68. The molecular weight excluding hydrogens is 453 g/mol. The molecule has 8 heteroatoms. The van der Waals surface area contributed by atoms with Crippen LogP contribution < -0.4 is 9.62 Å². The molecule has 0 bridgehead atoms. The zero-order chi connectivity index (χ0) is 24.5. The van der Waals surface area contributed by atoms with Gasteiger partial charge in [-0.1, -0.05) is 6.07 Å². The van der Waals surface area contributed by atoms with E-state index in [0.717, 1.165) is 59.9 Å². The number of aryl methyl sites for hydroxylation is 2. The molecule has 1 fully saturated rings. The Balaban J connectivity index is 1.51. The molecule has 0 saturated carbocycles. The molecule has 1 aliphatic rings. The number of sulfonamides is 1. The third kappa shape index (κ3) is 5.04. The van der Waals surface area contributed by atoms with E-state index in [4.69, 9.17) is 4.42 Å². The molecule has 1 aromatic heterocycles. The van der Waals surface area contributed by atoms with Gasteiger partial charge in [0, 0.05) is 38.4 Å². The molecule has 1 saturated heterocycles. The summed E-state index contributed by atoms with van der Waals surface area (Å²) in [5.74, 6) is 0.480. The molecule has 0 amide bonds. The van der Waals surface area contributed by atoms with Crippen molar-refractivity contribution in [2.24, 2.45) is 0 Å². The normalized spacial score (nSPS) is 16.1. The van der Waals surface area contributed by atoms with E-state index >= 15 is 0 Å². The summed E-state index contributed by atoms with van der Waals surface area (Å²) in [7, 11) is -3.71. The van der Waals surface area contributed by atoms with E-state index < -0.39 is 10.0 Å². The van der Waals surface area contributed by atoms with E-state index in [-0.39, 0.29) is 18.4 Å². The lowest BCUT2D eigenvalue weighted by Crippen LogP contribution is -2.49. The van der Waals surface area contributed by atoms with Gasteiger partial charge in [-0.05, 0) is 86.3 Å². The first-order valence-electron chi connectivity index (χ1n) is 11.5. The van der Waals surface area contributed by atoms with E-state index in [2.05, 4.69) is 14.5 Å². The summed E-state index contributed by atoms with van der Waals surface area (Å²) in [6.07, 6.45) is 1.61. The van der Waals surface area contributed by atoms with Gasteiger partial charge in [-0.25, -0.2) is 17.5 Å². The second-order valence-corrected chi connectivity index (χ2v) is 10.7. The maximum absolute atomic E-state index is 13.4. The average Bonchev–Trinajstić information content (AvgIpc) is 3.33. The molecule has 4 rings (SSSR count). The Morgan fingerprint density at radius 3 is 2.15 bits per heavy atom. The molecule has 1 atom stereocenters. The van der Waals surface area contributed by atoms with Gasteiger partial charge in [0.2, 0.25) is 10.0 Å². The lowest BCUT2D eigenvalue weighted by molar-refractivity contribution is 0.166. The Morgan fingerprint density at radius 1 is 0.971 bits per heavy atom. The van der Waals surface area contributed by atoms with Gasteiger partial charge in [-0.2, -0.15) is 0 Å². The van der Waals surface area contributed by atoms with E-state index in [0.29, 0.717) is 4.90 Å². The molecule has 0 radical (unpaired) electrons. The number of halogens is 1. The van der Waals surface area contributed by atoms with E-state index in [1.807, 2.05) is 45.9 Å². The SMILES string of the molecule is Cc1cc(C)c(C)c(S(=O)(=O)NCC(c2ccco2)N2CCN(c3ccc(F)cc3)CC2)c1C. The number of hydrogen-bond acceptors (Lipinski definition) is 5. The van der Waals surface area contributed by atoms with Gasteiger partial charge in [0.05, 0.1) is 17.2 Å². The van der Waals surface area contributed by atoms with Crippen LogP contribution >= 0.6 is 0 Å². The van der Waals surface area contributed by atoms with Gasteiger partial charge in [0.15, 0.2) is 0 Å². The zero-order valence-electron chi connectivity index (χ0n) is 20.1. The first-order valence-corrected chi connectivity index (χ1v) is 13.0. The highest BCUT2D eigenvalue weighted by Crippen LogP contribution is 2.28. The van der Waals surface area contributed by atoms with Crippen molar-refractivity contribution in [3.8, 4) is 0 Å². The van der Waals surface area contributed by atoms with Crippen molar-refractivity contribution < 1.29 is 17.2 Å². The monoisotopic (exact) mass is 485 g/mol. The Bertz CT molecular complexity index is 1210. The minimum absolute atomic E-state index is 0.207. The Hall–Kier alpha value is -2.68. The van der Waals surface area contributed by atoms with Gasteiger partial charge in [0.25, 0.3) is 0 Å². The van der Waals surface area contributed by atoms with E-state index in [1.165, 1.54) is 12.1 Å². The second kappa shape index (κ2) is 9.90. The van der Waals surface area contributed by atoms with Crippen LogP contribution in [0.25, 0.3) is 0 Å². The van der Waals surface area contributed by atoms with Crippen LogP contribution in [0.15, 0.2) is 58.0 Å². The fraction of sp³-hybridized carbons (Fsp3) is 0.385. The van der Waals surface area contributed by atoms with Gasteiger partial charge >= 0.3 is 0 Å². The number of anilines is 1. The van der Waals surface area contributed by atoms with Crippen molar-refractivity contribution in [1.82, 2.24) is 9.62 Å². The van der Waals surface area contributed by atoms with Crippen molar-refractivity contribution in [3.05, 3.63) is 82.6 Å². The molecule has 2 aromatic carbocycles. The minimum Gasteiger partial charge on any atom is -0.468 e. The van der Waals surface area contributed by atoms with Gasteiger partial charge in [0.1, 0.15) is 11.6 Å². The quantitative estimate of drug-likeness (QED) is 0.534. The molecule has 1 N–H and O–H groups in total. The fourth-order valence-corrected chi connectivity index (χ4v) is 6.33. The lowest BCUT2D eigenvalue weighted by Gasteiger charge is -2.39. The van der Waals surface area contributed by atoms with Crippen LogP contribution in [0.4, 0.5) is 10.1 Å².